The molecular weight excluding hydrogens is 335 g/mol. The summed E-state index contributed by atoms with van der Waals surface area (Å²) in [5.41, 5.74) is 3.00. The molecule has 5 heteroatoms. The van der Waals surface area contributed by atoms with Gasteiger partial charge < -0.3 is 10.6 Å². The van der Waals surface area contributed by atoms with E-state index in [2.05, 4.69) is 32.6 Å². The summed E-state index contributed by atoms with van der Waals surface area (Å²) in [4.78, 5) is 12.3. The highest BCUT2D eigenvalue weighted by Crippen LogP contribution is 2.21. The first kappa shape index (κ1) is 14.2. The van der Waals surface area contributed by atoms with Crippen LogP contribution >= 0.6 is 15.9 Å². The molecular formula is C16H14BrFN2O. The fourth-order valence-corrected chi connectivity index (χ4v) is 2.82. The van der Waals surface area contributed by atoms with Gasteiger partial charge in [-0.2, -0.15) is 0 Å². The molecule has 2 aromatic carbocycles. The molecule has 0 aliphatic carbocycles. The molecule has 0 bridgehead atoms. The van der Waals surface area contributed by atoms with Gasteiger partial charge in [-0.05, 0) is 51.7 Å². The van der Waals surface area contributed by atoms with Crippen LogP contribution in [0, 0.1) is 5.82 Å². The third kappa shape index (κ3) is 3.14. The van der Waals surface area contributed by atoms with Crippen LogP contribution in [0.15, 0.2) is 46.9 Å². The maximum atomic E-state index is 13.2. The van der Waals surface area contributed by atoms with Crippen LogP contribution in [0.3, 0.4) is 0 Å². The summed E-state index contributed by atoms with van der Waals surface area (Å²) >= 11 is 3.11. The van der Waals surface area contributed by atoms with Gasteiger partial charge in [0, 0.05) is 12.2 Å². The standard InChI is InChI=1S/C16H14BrFN2O/c17-13-8-12(5-6-14(13)18)20-16(21)15-7-10-3-1-2-4-11(10)9-19-15/h1-6,8,15,19H,7,9H2,(H,20,21)/t15-/m1/s1. The van der Waals surface area contributed by atoms with Crippen molar-refractivity contribution in [3.05, 3.63) is 63.9 Å². The third-order valence-electron chi connectivity index (χ3n) is 3.58. The van der Waals surface area contributed by atoms with Gasteiger partial charge in [-0.3, -0.25) is 4.79 Å². The summed E-state index contributed by atoms with van der Waals surface area (Å²) in [6, 6.07) is 12.2. The molecule has 2 N–H and O–H groups in total. The first-order chi connectivity index (χ1) is 10.1. The van der Waals surface area contributed by atoms with E-state index in [1.807, 2.05) is 18.2 Å². The second kappa shape index (κ2) is 5.95. The van der Waals surface area contributed by atoms with Crippen molar-refractivity contribution in [3.8, 4) is 0 Å². The Labute approximate surface area is 130 Å². The Morgan fingerprint density at radius 1 is 1.24 bits per heavy atom. The molecule has 3 rings (SSSR count). The lowest BCUT2D eigenvalue weighted by molar-refractivity contribution is -0.118. The number of carbonyl (C=O) groups excluding carboxylic acids is 1. The van der Waals surface area contributed by atoms with E-state index in [-0.39, 0.29) is 17.8 Å². The zero-order valence-electron chi connectivity index (χ0n) is 11.2. The fraction of sp³-hybridized carbons (Fsp3) is 0.188. The van der Waals surface area contributed by atoms with Crippen molar-refractivity contribution in [2.75, 3.05) is 5.32 Å². The number of halogens is 2. The first-order valence-electron chi connectivity index (χ1n) is 6.69. The van der Waals surface area contributed by atoms with Crippen LogP contribution in [0.2, 0.25) is 0 Å². The predicted octanol–water partition coefficient (Wildman–Crippen LogP) is 3.24. The smallest absolute Gasteiger partial charge is 0.241 e. The highest BCUT2D eigenvalue weighted by atomic mass is 79.9. The number of hydrogen-bond acceptors (Lipinski definition) is 2. The number of nitrogens with one attached hydrogen (secondary N) is 2. The molecule has 1 heterocycles. The van der Waals surface area contributed by atoms with Gasteiger partial charge in [0.1, 0.15) is 5.82 Å². The molecule has 0 fully saturated rings. The van der Waals surface area contributed by atoms with Gasteiger partial charge in [0.2, 0.25) is 5.91 Å². The molecule has 21 heavy (non-hydrogen) atoms. The van der Waals surface area contributed by atoms with Crippen LogP contribution in [-0.2, 0) is 17.8 Å². The van der Waals surface area contributed by atoms with E-state index in [9.17, 15) is 9.18 Å². The van der Waals surface area contributed by atoms with Crippen LogP contribution in [0.1, 0.15) is 11.1 Å². The number of hydrogen-bond donors (Lipinski definition) is 2. The highest BCUT2D eigenvalue weighted by molar-refractivity contribution is 9.10. The molecule has 0 aromatic heterocycles. The minimum Gasteiger partial charge on any atom is -0.325 e. The quantitative estimate of drug-likeness (QED) is 0.874. The van der Waals surface area contributed by atoms with Gasteiger partial charge in [-0.25, -0.2) is 4.39 Å². The average molecular weight is 349 g/mol. The number of fused-ring (bicyclic) bond motifs is 1. The van der Waals surface area contributed by atoms with Crippen molar-refractivity contribution in [3.63, 3.8) is 0 Å². The Morgan fingerprint density at radius 2 is 2.00 bits per heavy atom. The molecule has 0 spiro atoms. The van der Waals surface area contributed by atoms with Crippen LogP contribution in [0.4, 0.5) is 10.1 Å². The van der Waals surface area contributed by atoms with Crippen molar-refractivity contribution in [2.45, 2.75) is 19.0 Å². The van der Waals surface area contributed by atoms with E-state index in [0.29, 0.717) is 23.1 Å². The van der Waals surface area contributed by atoms with E-state index < -0.39 is 0 Å². The number of carbonyl (C=O) groups is 1. The van der Waals surface area contributed by atoms with Crippen LogP contribution < -0.4 is 10.6 Å². The highest BCUT2D eigenvalue weighted by Gasteiger charge is 2.23. The van der Waals surface area contributed by atoms with E-state index in [1.165, 1.54) is 17.2 Å². The Morgan fingerprint density at radius 3 is 2.76 bits per heavy atom. The lowest BCUT2D eigenvalue weighted by atomic mass is 9.95. The normalized spacial score (nSPS) is 17.1. The van der Waals surface area contributed by atoms with Crippen molar-refractivity contribution in [1.82, 2.24) is 5.32 Å². The lowest BCUT2D eigenvalue weighted by Crippen LogP contribution is -2.44. The second-order valence-corrected chi connectivity index (χ2v) is 5.88. The largest absolute Gasteiger partial charge is 0.325 e. The number of amides is 1. The summed E-state index contributed by atoms with van der Waals surface area (Å²) in [5, 5.41) is 6.04. The summed E-state index contributed by atoms with van der Waals surface area (Å²) in [6.45, 7) is 0.682. The molecule has 0 saturated carbocycles. The van der Waals surface area contributed by atoms with Crippen LogP contribution in [-0.4, -0.2) is 11.9 Å². The maximum absolute atomic E-state index is 13.2. The molecule has 0 saturated heterocycles. The topological polar surface area (TPSA) is 41.1 Å². The summed E-state index contributed by atoms with van der Waals surface area (Å²) in [5.74, 6) is -0.458. The average Bonchev–Trinajstić information content (AvgIpc) is 2.50. The molecule has 1 aliphatic rings. The third-order valence-corrected chi connectivity index (χ3v) is 4.19. The molecule has 108 valence electrons. The van der Waals surface area contributed by atoms with Crippen LogP contribution in [0.25, 0.3) is 0 Å². The Hall–Kier alpha value is -1.72. The van der Waals surface area contributed by atoms with Crippen molar-refractivity contribution in [2.24, 2.45) is 0 Å². The van der Waals surface area contributed by atoms with E-state index in [0.717, 1.165) is 0 Å². The molecule has 1 amide bonds. The van der Waals surface area contributed by atoms with Gasteiger partial charge in [-0.15, -0.1) is 0 Å². The van der Waals surface area contributed by atoms with Gasteiger partial charge in [-0.1, -0.05) is 24.3 Å². The lowest BCUT2D eigenvalue weighted by Gasteiger charge is -2.25. The molecule has 1 aliphatic heterocycles. The van der Waals surface area contributed by atoms with Crippen LogP contribution in [0.5, 0.6) is 0 Å². The molecule has 2 aromatic rings. The Balaban J connectivity index is 1.70. The van der Waals surface area contributed by atoms with E-state index >= 15 is 0 Å². The van der Waals surface area contributed by atoms with Crippen molar-refractivity contribution < 1.29 is 9.18 Å². The number of rotatable bonds is 2. The van der Waals surface area contributed by atoms with E-state index in [1.54, 1.807) is 12.1 Å². The maximum Gasteiger partial charge on any atom is 0.241 e. The fourth-order valence-electron chi connectivity index (χ4n) is 2.44. The predicted molar refractivity (Wildman–Crippen MR) is 83.5 cm³/mol. The zero-order valence-corrected chi connectivity index (χ0v) is 12.8. The summed E-state index contributed by atoms with van der Waals surface area (Å²) in [7, 11) is 0. The van der Waals surface area contributed by atoms with E-state index in [4.69, 9.17) is 0 Å². The number of benzene rings is 2. The zero-order chi connectivity index (χ0) is 14.8. The minimum atomic E-state index is -0.349. The molecule has 1 atom stereocenters. The van der Waals surface area contributed by atoms with Crippen molar-refractivity contribution >= 4 is 27.5 Å². The minimum absolute atomic E-state index is 0.108. The Kier molecular flexibility index (Phi) is 4.03. The van der Waals surface area contributed by atoms with Gasteiger partial charge in [0.15, 0.2) is 0 Å². The van der Waals surface area contributed by atoms with Gasteiger partial charge in [0.05, 0.1) is 10.5 Å². The first-order valence-corrected chi connectivity index (χ1v) is 7.49. The molecule has 3 nitrogen and oxygen atoms in total. The van der Waals surface area contributed by atoms with Gasteiger partial charge >= 0.3 is 0 Å². The Bertz CT molecular complexity index is 690. The SMILES string of the molecule is O=C(Nc1ccc(F)c(Br)c1)[C@H]1Cc2ccccc2CN1. The molecule has 0 unspecified atom stereocenters. The second-order valence-electron chi connectivity index (χ2n) is 5.02. The summed E-state index contributed by atoms with van der Waals surface area (Å²) in [6.07, 6.45) is 0.657. The monoisotopic (exact) mass is 348 g/mol. The number of anilines is 1. The summed E-state index contributed by atoms with van der Waals surface area (Å²) < 4.78 is 13.5. The van der Waals surface area contributed by atoms with Gasteiger partial charge in [0.25, 0.3) is 0 Å². The molecule has 0 radical (unpaired) electrons. The van der Waals surface area contributed by atoms with Crippen molar-refractivity contribution in [1.29, 1.82) is 0 Å².